The zero-order valence-corrected chi connectivity index (χ0v) is 22.3. The van der Waals surface area contributed by atoms with Crippen LogP contribution in [-0.4, -0.2) is 48.0 Å². The van der Waals surface area contributed by atoms with Gasteiger partial charge in [-0.1, -0.05) is 69.4 Å². The van der Waals surface area contributed by atoms with Crippen LogP contribution in [-0.2, 0) is 9.59 Å². The molecule has 1 aliphatic rings. The highest BCUT2D eigenvalue weighted by atomic mass is 19.1. The second-order valence-corrected chi connectivity index (χ2v) is 9.79. The van der Waals surface area contributed by atoms with Crippen molar-refractivity contribution in [1.29, 1.82) is 0 Å². The third-order valence-electron chi connectivity index (χ3n) is 6.82. The van der Waals surface area contributed by atoms with Gasteiger partial charge >= 0.3 is 0 Å². The van der Waals surface area contributed by atoms with Gasteiger partial charge in [0, 0.05) is 25.1 Å². The average molecular weight is 523 g/mol. The molecule has 204 valence electrons. The molecule has 0 bridgehead atoms. The fourth-order valence-corrected chi connectivity index (χ4v) is 4.55. The molecule has 0 aliphatic carbocycles. The third kappa shape index (κ3) is 9.39. The number of carbonyl (C=O) groups is 3. The molecule has 3 amide bonds. The summed E-state index contributed by atoms with van der Waals surface area (Å²) >= 11 is 0. The smallest absolute Gasteiger partial charge is 0.251 e. The number of nitrogens with zero attached hydrogens (tertiary/aromatic N) is 2. The maximum Gasteiger partial charge on any atom is 0.251 e. The molecule has 2 N–H and O–H groups in total. The van der Waals surface area contributed by atoms with Crippen LogP contribution >= 0.6 is 0 Å². The van der Waals surface area contributed by atoms with Gasteiger partial charge in [0.1, 0.15) is 5.82 Å². The van der Waals surface area contributed by atoms with Gasteiger partial charge in [-0.2, -0.15) is 5.10 Å². The molecular weight excluding hydrogens is 483 g/mol. The predicted molar refractivity (Wildman–Crippen MR) is 147 cm³/mol. The van der Waals surface area contributed by atoms with Gasteiger partial charge in [0.25, 0.3) is 5.91 Å². The predicted octanol–water partition coefficient (Wildman–Crippen LogP) is 5.07. The van der Waals surface area contributed by atoms with E-state index in [9.17, 15) is 18.8 Å². The molecule has 0 radical (unpaired) electrons. The number of piperidine rings is 1. The van der Waals surface area contributed by atoms with E-state index < -0.39 is 5.82 Å². The Hall–Kier alpha value is -3.55. The molecule has 2 aromatic carbocycles. The molecular formula is C30H39FN4O3. The molecule has 7 nitrogen and oxygen atoms in total. The maximum atomic E-state index is 13.2. The van der Waals surface area contributed by atoms with E-state index in [1.807, 2.05) is 35.2 Å². The Labute approximate surface area is 224 Å². The largest absolute Gasteiger partial charge is 0.346 e. The van der Waals surface area contributed by atoms with E-state index in [0.717, 1.165) is 31.2 Å². The minimum Gasteiger partial charge on any atom is -0.346 e. The fraction of sp³-hybridized carbons (Fsp3) is 0.467. The van der Waals surface area contributed by atoms with E-state index in [4.69, 9.17) is 0 Å². The SMILES string of the molecule is CCCCCCCCC(=O)N1CCC[C@@H](C(=O)N/N=C(\CNC(=O)c2ccc(F)cc2)c2ccccc2)C1. The van der Waals surface area contributed by atoms with Gasteiger partial charge in [-0.05, 0) is 49.1 Å². The maximum absolute atomic E-state index is 13.2. The second kappa shape index (κ2) is 15.6. The van der Waals surface area contributed by atoms with E-state index in [2.05, 4.69) is 22.8 Å². The number of likely N-dealkylation sites (tertiary alicyclic amines) is 1. The van der Waals surface area contributed by atoms with Crippen LogP contribution < -0.4 is 10.7 Å². The summed E-state index contributed by atoms with van der Waals surface area (Å²) in [6.07, 6.45) is 8.81. The number of amides is 3. The molecule has 1 saturated heterocycles. The summed E-state index contributed by atoms with van der Waals surface area (Å²) in [6.45, 7) is 3.35. The number of hydrogen-bond acceptors (Lipinski definition) is 4. The van der Waals surface area contributed by atoms with Crippen LogP contribution in [0.15, 0.2) is 59.7 Å². The first-order chi connectivity index (χ1) is 18.5. The standard InChI is InChI=1S/C30H39FN4O3/c1-2-3-4-5-6-10-15-28(36)35-20-11-14-25(22-35)30(38)34-33-27(23-12-8-7-9-13-23)21-32-29(37)24-16-18-26(31)19-17-24/h7-9,12-13,16-19,25H,2-6,10-11,14-15,20-22H2,1H3,(H,32,37)(H,34,38)/b33-27+/t25-/m1/s1. The van der Waals surface area contributed by atoms with Crippen molar-refractivity contribution >= 4 is 23.4 Å². The first kappa shape index (κ1) is 29.0. The summed E-state index contributed by atoms with van der Waals surface area (Å²) in [5, 5.41) is 7.12. The molecule has 2 aromatic rings. The van der Waals surface area contributed by atoms with Crippen LogP contribution in [0.25, 0.3) is 0 Å². The van der Waals surface area contributed by atoms with E-state index in [0.29, 0.717) is 37.2 Å². The molecule has 0 unspecified atom stereocenters. The van der Waals surface area contributed by atoms with Crippen LogP contribution in [0.4, 0.5) is 4.39 Å². The lowest BCUT2D eigenvalue weighted by atomic mass is 9.97. The summed E-state index contributed by atoms with van der Waals surface area (Å²) in [4.78, 5) is 40.0. The highest BCUT2D eigenvalue weighted by Gasteiger charge is 2.28. The first-order valence-corrected chi connectivity index (χ1v) is 13.7. The van der Waals surface area contributed by atoms with Crippen molar-refractivity contribution in [2.75, 3.05) is 19.6 Å². The molecule has 3 rings (SSSR count). The van der Waals surface area contributed by atoms with Crippen LogP contribution in [0.2, 0.25) is 0 Å². The number of benzene rings is 2. The topological polar surface area (TPSA) is 90.9 Å². The third-order valence-corrected chi connectivity index (χ3v) is 6.82. The van der Waals surface area contributed by atoms with Gasteiger partial charge < -0.3 is 10.2 Å². The van der Waals surface area contributed by atoms with Gasteiger partial charge in [-0.15, -0.1) is 0 Å². The van der Waals surface area contributed by atoms with Gasteiger partial charge in [0.05, 0.1) is 18.2 Å². The average Bonchev–Trinajstić information content (AvgIpc) is 2.95. The van der Waals surface area contributed by atoms with Crippen LogP contribution in [0.5, 0.6) is 0 Å². The molecule has 8 heteroatoms. The van der Waals surface area contributed by atoms with Crippen molar-refractivity contribution in [3.05, 3.63) is 71.5 Å². The number of unbranched alkanes of at least 4 members (excludes halogenated alkanes) is 5. The highest BCUT2D eigenvalue weighted by molar-refractivity contribution is 6.05. The number of halogens is 1. The van der Waals surface area contributed by atoms with Crippen molar-refractivity contribution in [1.82, 2.24) is 15.6 Å². The van der Waals surface area contributed by atoms with E-state index in [1.165, 1.54) is 43.5 Å². The Balaban J connectivity index is 1.55. The van der Waals surface area contributed by atoms with Crippen molar-refractivity contribution in [2.24, 2.45) is 11.0 Å². The summed E-state index contributed by atoms with van der Waals surface area (Å²) in [6, 6.07) is 14.5. The Kier molecular flexibility index (Phi) is 11.9. The molecule has 1 atom stereocenters. The van der Waals surface area contributed by atoms with Gasteiger partial charge in [-0.3, -0.25) is 14.4 Å². The number of rotatable bonds is 13. The van der Waals surface area contributed by atoms with Crippen LogP contribution in [0.3, 0.4) is 0 Å². The van der Waals surface area contributed by atoms with Crippen molar-refractivity contribution in [3.63, 3.8) is 0 Å². The van der Waals surface area contributed by atoms with Crippen molar-refractivity contribution in [2.45, 2.75) is 64.7 Å². The fourth-order valence-electron chi connectivity index (χ4n) is 4.55. The first-order valence-electron chi connectivity index (χ1n) is 13.7. The Bertz CT molecular complexity index is 1070. The lowest BCUT2D eigenvalue weighted by Gasteiger charge is -2.31. The lowest BCUT2D eigenvalue weighted by Crippen LogP contribution is -2.45. The summed E-state index contributed by atoms with van der Waals surface area (Å²) in [5.41, 5.74) is 4.24. The minimum atomic E-state index is -0.416. The van der Waals surface area contributed by atoms with Crippen LogP contribution in [0.1, 0.15) is 80.6 Å². The molecule has 1 heterocycles. The lowest BCUT2D eigenvalue weighted by molar-refractivity contribution is -0.135. The summed E-state index contributed by atoms with van der Waals surface area (Å²) < 4.78 is 13.2. The Morgan fingerprint density at radius 2 is 1.66 bits per heavy atom. The summed E-state index contributed by atoms with van der Waals surface area (Å²) in [5.74, 6) is -1.23. The monoisotopic (exact) mass is 522 g/mol. The normalized spacial score (nSPS) is 15.7. The Morgan fingerprint density at radius 3 is 2.39 bits per heavy atom. The van der Waals surface area contributed by atoms with Gasteiger partial charge in [0.15, 0.2) is 0 Å². The highest BCUT2D eigenvalue weighted by Crippen LogP contribution is 2.19. The number of hydrogen-bond donors (Lipinski definition) is 2. The van der Waals surface area contributed by atoms with Gasteiger partial charge in [0.2, 0.25) is 11.8 Å². The molecule has 1 aliphatic heterocycles. The zero-order valence-electron chi connectivity index (χ0n) is 22.3. The minimum absolute atomic E-state index is 0.0774. The van der Waals surface area contributed by atoms with E-state index in [1.54, 1.807) is 0 Å². The van der Waals surface area contributed by atoms with E-state index in [-0.39, 0.29) is 30.2 Å². The molecule has 0 spiro atoms. The Morgan fingerprint density at radius 1 is 0.947 bits per heavy atom. The molecule has 1 fully saturated rings. The number of carbonyl (C=O) groups excluding carboxylic acids is 3. The van der Waals surface area contributed by atoms with Crippen molar-refractivity contribution in [3.8, 4) is 0 Å². The van der Waals surface area contributed by atoms with Crippen molar-refractivity contribution < 1.29 is 18.8 Å². The number of hydrazone groups is 1. The quantitative estimate of drug-likeness (QED) is 0.219. The molecule has 0 saturated carbocycles. The van der Waals surface area contributed by atoms with Gasteiger partial charge in [-0.25, -0.2) is 9.82 Å². The van der Waals surface area contributed by atoms with E-state index >= 15 is 0 Å². The number of nitrogens with one attached hydrogen (secondary N) is 2. The molecule has 38 heavy (non-hydrogen) atoms. The van der Waals surface area contributed by atoms with Crippen LogP contribution in [0, 0.1) is 11.7 Å². The second-order valence-electron chi connectivity index (χ2n) is 9.79. The summed E-state index contributed by atoms with van der Waals surface area (Å²) in [7, 11) is 0. The molecule has 0 aromatic heterocycles. The zero-order chi connectivity index (χ0) is 27.2.